The summed E-state index contributed by atoms with van der Waals surface area (Å²) in [5.41, 5.74) is -0.643. The molecule has 3 rings (SSSR count). The van der Waals surface area contributed by atoms with E-state index in [-0.39, 0.29) is 26.6 Å². The standard InChI is InChI=1S/C19H14ClF3N2O4S/c1-30(27,28)15-8-2-12(3-9-15)16-10-24-25(11-19(21,22)23)18(26)17(16)29-14-6-4-13(20)5-7-14/h2-10H,11H2,1H3. The van der Waals surface area contributed by atoms with Gasteiger partial charge in [-0.3, -0.25) is 4.79 Å². The Morgan fingerprint density at radius 3 is 2.20 bits per heavy atom. The molecule has 0 atom stereocenters. The minimum absolute atomic E-state index is 0.0461. The van der Waals surface area contributed by atoms with Gasteiger partial charge in [0, 0.05) is 11.3 Å². The first-order chi connectivity index (χ1) is 13.9. The summed E-state index contributed by atoms with van der Waals surface area (Å²) < 4.78 is 67.5. The average Bonchev–Trinajstić information content (AvgIpc) is 2.65. The molecule has 0 N–H and O–H groups in total. The van der Waals surface area contributed by atoms with Crippen LogP contribution < -0.4 is 10.3 Å². The molecular formula is C19H14ClF3N2O4S. The molecule has 0 bridgehead atoms. The predicted octanol–water partition coefficient (Wildman–Crippen LogP) is 4.32. The van der Waals surface area contributed by atoms with Gasteiger partial charge in [-0.2, -0.15) is 18.3 Å². The Balaban J connectivity index is 2.12. The molecule has 0 aliphatic rings. The highest BCUT2D eigenvalue weighted by atomic mass is 35.5. The van der Waals surface area contributed by atoms with Crippen molar-refractivity contribution >= 4 is 21.4 Å². The van der Waals surface area contributed by atoms with Crippen LogP contribution in [0.4, 0.5) is 13.2 Å². The third kappa shape index (κ3) is 5.19. The molecule has 0 aliphatic carbocycles. The van der Waals surface area contributed by atoms with E-state index >= 15 is 0 Å². The molecule has 2 aromatic carbocycles. The van der Waals surface area contributed by atoms with Gasteiger partial charge in [0.25, 0.3) is 0 Å². The summed E-state index contributed by atoms with van der Waals surface area (Å²) in [6, 6.07) is 11.3. The number of sulfone groups is 1. The second-order valence-electron chi connectivity index (χ2n) is 6.32. The zero-order chi connectivity index (χ0) is 22.1. The van der Waals surface area contributed by atoms with E-state index in [2.05, 4.69) is 5.10 Å². The van der Waals surface area contributed by atoms with Crippen LogP contribution in [0, 0.1) is 0 Å². The van der Waals surface area contributed by atoms with E-state index in [9.17, 15) is 26.4 Å². The third-order valence-electron chi connectivity index (χ3n) is 3.96. The van der Waals surface area contributed by atoms with Gasteiger partial charge in [-0.05, 0) is 42.0 Å². The second kappa shape index (κ2) is 8.11. The van der Waals surface area contributed by atoms with E-state index < -0.39 is 28.1 Å². The van der Waals surface area contributed by atoms with Crippen LogP contribution in [0.5, 0.6) is 11.5 Å². The van der Waals surface area contributed by atoms with Crippen LogP contribution in [0.15, 0.2) is 64.4 Å². The van der Waals surface area contributed by atoms with E-state index in [1.807, 2.05) is 0 Å². The van der Waals surface area contributed by atoms with E-state index in [0.717, 1.165) is 12.5 Å². The highest BCUT2D eigenvalue weighted by molar-refractivity contribution is 7.90. The molecule has 0 amide bonds. The fraction of sp³-hybridized carbons (Fsp3) is 0.158. The highest BCUT2D eigenvalue weighted by Crippen LogP contribution is 2.31. The van der Waals surface area contributed by atoms with Gasteiger partial charge in [0.1, 0.15) is 12.3 Å². The summed E-state index contributed by atoms with van der Waals surface area (Å²) in [5, 5.41) is 4.00. The summed E-state index contributed by atoms with van der Waals surface area (Å²) in [5.74, 6) is -0.209. The van der Waals surface area contributed by atoms with Crippen molar-refractivity contribution in [3.05, 3.63) is 70.1 Å². The van der Waals surface area contributed by atoms with Crippen molar-refractivity contribution in [1.29, 1.82) is 0 Å². The maximum absolute atomic E-state index is 12.8. The van der Waals surface area contributed by atoms with Crippen LogP contribution in [-0.4, -0.2) is 30.6 Å². The van der Waals surface area contributed by atoms with Gasteiger partial charge >= 0.3 is 11.7 Å². The van der Waals surface area contributed by atoms with Crippen molar-refractivity contribution in [2.45, 2.75) is 17.6 Å². The summed E-state index contributed by atoms with van der Waals surface area (Å²) in [6.07, 6.45) is -2.56. The van der Waals surface area contributed by atoms with Gasteiger partial charge in [0.15, 0.2) is 9.84 Å². The number of benzene rings is 2. The van der Waals surface area contributed by atoms with Crippen molar-refractivity contribution < 1.29 is 26.3 Å². The Kier molecular flexibility index (Phi) is 5.91. The smallest absolute Gasteiger partial charge is 0.408 e. The van der Waals surface area contributed by atoms with Gasteiger partial charge in [0.2, 0.25) is 5.75 Å². The molecule has 0 radical (unpaired) electrons. The van der Waals surface area contributed by atoms with Crippen molar-refractivity contribution in [2.75, 3.05) is 6.26 Å². The molecule has 1 aromatic heterocycles. The molecule has 3 aromatic rings. The fourth-order valence-corrected chi connectivity index (χ4v) is 3.32. The minimum atomic E-state index is -4.66. The van der Waals surface area contributed by atoms with Crippen molar-refractivity contribution in [1.82, 2.24) is 9.78 Å². The zero-order valence-corrected chi connectivity index (χ0v) is 16.9. The Bertz CT molecular complexity index is 1220. The van der Waals surface area contributed by atoms with Gasteiger partial charge < -0.3 is 4.74 Å². The number of ether oxygens (including phenoxy) is 1. The van der Waals surface area contributed by atoms with Crippen LogP contribution in [0.3, 0.4) is 0 Å². The maximum Gasteiger partial charge on any atom is 0.408 e. The molecule has 158 valence electrons. The lowest BCUT2D eigenvalue weighted by atomic mass is 10.1. The number of halogens is 4. The van der Waals surface area contributed by atoms with E-state index in [1.54, 1.807) is 0 Å². The van der Waals surface area contributed by atoms with Gasteiger partial charge in [-0.1, -0.05) is 23.7 Å². The van der Waals surface area contributed by atoms with Crippen LogP contribution in [-0.2, 0) is 16.4 Å². The lowest BCUT2D eigenvalue weighted by molar-refractivity contribution is -0.143. The summed E-state index contributed by atoms with van der Waals surface area (Å²) in [6.45, 7) is -1.59. The first-order valence-corrected chi connectivity index (χ1v) is 10.6. The summed E-state index contributed by atoms with van der Waals surface area (Å²) >= 11 is 5.82. The summed E-state index contributed by atoms with van der Waals surface area (Å²) in [4.78, 5) is 12.7. The third-order valence-corrected chi connectivity index (χ3v) is 5.34. The van der Waals surface area contributed by atoms with E-state index in [0.29, 0.717) is 10.6 Å². The minimum Gasteiger partial charge on any atom is -0.451 e. The molecule has 0 saturated heterocycles. The number of hydrogen-bond acceptors (Lipinski definition) is 5. The molecule has 0 spiro atoms. The Morgan fingerprint density at radius 2 is 1.67 bits per heavy atom. The Labute approximate surface area is 174 Å². The molecule has 0 unspecified atom stereocenters. The lowest BCUT2D eigenvalue weighted by Gasteiger charge is -2.14. The van der Waals surface area contributed by atoms with Crippen LogP contribution >= 0.6 is 11.6 Å². The van der Waals surface area contributed by atoms with Gasteiger partial charge in [-0.15, -0.1) is 0 Å². The SMILES string of the molecule is CS(=O)(=O)c1ccc(-c2cnn(CC(F)(F)F)c(=O)c2Oc2ccc(Cl)cc2)cc1. The van der Waals surface area contributed by atoms with Crippen molar-refractivity contribution in [3.63, 3.8) is 0 Å². The quantitative estimate of drug-likeness (QED) is 0.569. The molecule has 0 aliphatic heterocycles. The number of rotatable bonds is 5. The number of hydrogen-bond donors (Lipinski definition) is 0. The number of alkyl halides is 3. The molecule has 6 nitrogen and oxygen atoms in total. The Hall–Kier alpha value is -2.85. The van der Waals surface area contributed by atoms with E-state index in [1.165, 1.54) is 48.5 Å². The number of nitrogens with zero attached hydrogens (tertiary/aromatic N) is 2. The lowest BCUT2D eigenvalue weighted by Crippen LogP contribution is -2.30. The molecule has 30 heavy (non-hydrogen) atoms. The highest BCUT2D eigenvalue weighted by Gasteiger charge is 2.30. The maximum atomic E-state index is 12.8. The zero-order valence-electron chi connectivity index (χ0n) is 15.4. The van der Waals surface area contributed by atoms with Crippen LogP contribution in [0.25, 0.3) is 11.1 Å². The molecule has 11 heteroatoms. The van der Waals surface area contributed by atoms with E-state index in [4.69, 9.17) is 16.3 Å². The largest absolute Gasteiger partial charge is 0.451 e. The first-order valence-electron chi connectivity index (χ1n) is 8.35. The molecule has 0 saturated carbocycles. The fourth-order valence-electron chi connectivity index (χ4n) is 2.56. The second-order valence-corrected chi connectivity index (χ2v) is 8.77. The average molecular weight is 459 g/mol. The monoisotopic (exact) mass is 458 g/mol. The van der Waals surface area contributed by atoms with Gasteiger partial charge in [-0.25, -0.2) is 13.1 Å². The first kappa shape index (κ1) is 21.8. The predicted molar refractivity (Wildman–Crippen MR) is 105 cm³/mol. The molecule has 1 heterocycles. The number of aromatic nitrogens is 2. The van der Waals surface area contributed by atoms with Crippen molar-refractivity contribution in [2.24, 2.45) is 0 Å². The van der Waals surface area contributed by atoms with Gasteiger partial charge in [0.05, 0.1) is 16.7 Å². The molecular weight excluding hydrogens is 445 g/mol. The molecule has 0 fully saturated rings. The van der Waals surface area contributed by atoms with Crippen molar-refractivity contribution in [3.8, 4) is 22.6 Å². The topological polar surface area (TPSA) is 78.3 Å². The van der Waals surface area contributed by atoms with Crippen LogP contribution in [0.2, 0.25) is 5.02 Å². The summed E-state index contributed by atoms with van der Waals surface area (Å²) in [7, 11) is -3.45. The normalized spacial score (nSPS) is 12.0. The Morgan fingerprint density at radius 1 is 1.07 bits per heavy atom. The van der Waals surface area contributed by atoms with Crippen LogP contribution in [0.1, 0.15) is 0 Å².